The van der Waals surface area contributed by atoms with E-state index in [9.17, 15) is 18.0 Å². The molecule has 0 radical (unpaired) electrons. The van der Waals surface area contributed by atoms with Gasteiger partial charge in [0.15, 0.2) is 0 Å². The predicted octanol–water partition coefficient (Wildman–Crippen LogP) is 1.34. The predicted molar refractivity (Wildman–Crippen MR) is 116 cm³/mol. The third kappa shape index (κ3) is 5.96. The zero-order chi connectivity index (χ0) is 22.4. The van der Waals surface area contributed by atoms with Gasteiger partial charge in [0, 0.05) is 45.8 Å². The minimum Gasteiger partial charge on any atom is -0.450 e. The van der Waals surface area contributed by atoms with Gasteiger partial charge in [-0.3, -0.25) is 4.79 Å². The SMILES string of the molecule is CCOC(=O)N1CCN(S(=O)(=O)N2CCCC(C(=O)NCc3ccc(C)cc3)C2)CC1. The van der Waals surface area contributed by atoms with E-state index in [4.69, 9.17) is 4.74 Å². The Morgan fingerprint density at radius 1 is 1.06 bits per heavy atom. The van der Waals surface area contributed by atoms with Gasteiger partial charge in [0.2, 0.25) is 5.91 Å². The number of nitrogens with zero attached hydrogens (tertiary/aromatic N) is 3. The Morgan fingerprint density at radius 2 is 1.74 bits per heavy atom. The minimum absolute atomic E-state index is 0.118. The molecule has 0 aromatic heterocycles. The van der Waals surface area contributed by atoms with Gasteiger partial charge in [-0.15, -0.1) is 0 Å². The van der Waals surface area contributed by atoms with Gasteiger partial charge in [0.25, 0.3) is 10.2 Å². The van der Waals surface area contributed by atoms with E-state index in [0.717, 1.165) is 11.1 Å². The highest BCUT2D eigenvalue weighted by molar-refractivity contribution is 7.86. The maximum Gasteiger partial charge on any atom is 0.409 e. The summed E-state index contributed by atoms with van der Waals surface area (Å²) in [6.07, 6.45) is 0.898. The molecule has 0 saturated carbocycles. The highest BCUT2D eigenvalue weighted by Crippen LogP contribution is 2.22. The van der Waals surface area contributed by atoms with Crippen LogP contribution in [0.5, 0.6) is 0 Å². The van der Waals surface area contributed by atoms with Crippen LogP contribution in [-0.4, -0.2) is 79.8 Å². The van der Waals surface area contributed by atoms with Crippen molar-refractivity contribution in [2.75, 3.05) is 45.9 Å². The number of benzene rings is 1. The van der Waals surface area contributed by atoms with Crippen LogP contribution >= 0.6 is 0 Å². The number of hydrogen-bond acceptors (Lipinski definition) is 5. The molecule has 31 heavy (non-hydrogen) atoms. The monoisotopic (exact) mass is 452 g/mol. The molecule has 2 fully saturated rings. The summed E-state index contributed by atoms with van der Waals surface area (Å²) in [5.41, 5.74) is 2.17. The van der Waals surface area contributed by atoms with Crippen LogP contribution in [0.25, 0.3) is 0 Å². The molecule has 9 nitrogen and oxygen atoms in total. The van der Waals surface area contributed by atoms with Gasteiger partial charge < -0.3 is 15.0 Å². The van der Waals surface area contributed by atoms with Gasteiger partial charge in [0.05, 0.1) is 12.5 Å². The zero-order valence-corrected chi connectivity index (χ0v) is 19.1. The van der Waals surface area contributed by atoms with Crippen LogP contribution in [0.1, 0.15) is 30.9 Å². The van der Waals surface area contributed by atoms with Crippen LogP contribution in [0, 0.1) is 12.8 Å². The molecular weight excluding hydrogens is 420 g/mol. The molecule has 1 unspecified atom stereocenters. The third-order valence-corrected chi connectivity index (χ3v) is 7.76. The second-order valence-electron chi connectivity index (χ2n) is 7.99. The van der Waals surface area contributed by atoms with Gasteiger partial charge >= 0.3 is 6.09 Å². The maximum absolute atomic E-state index is 13.1. The number of hydrogen-bond donors (Lipinski definition) is 1. The number of rotatable bonds is 6. The van der Waals surface area contributed by atoms with E-state index in [-0.39, 0.29) is 31.5 Å². The van der Waals surface area contributed by atoms with Crippen molar-refractivity contribution in [3.8, 4) is 0 Å². The topological polar surface area (TPSA) is 99.3 Å². The molecule has 1 N–H and O–H groups in total. The smallest absolute Gasteiger partial charge is 0.409 e. The first kappa shape index (κ1) is 23.5. The average molecular weight is 453 g/mol. The van der Waals surface area contributed by atoms with Crippen molar-refractivity contribution in [2.24, 2.45) is 5.92 Å². The number of nitrogens with one attached hydrogen (secondary N) is 1. The van der Waals surface area contributed by atoms with Crippen molar-refractivity contribution in [3.63, 3.8) is 0 Å². The van der Waals surface area contributed by atoms with Crippen molar-refractivity contribution in [1.82, 2.24) is 18.8 Å². The normalized spacial score (nSPS) is 21.0. The largest absolute Gasteiger partial charge is 0.450 e. The van der Waals surface area contributed by atoms with Crippen molar-refractivity contribution in [3.05, 3.63) is 35.4 Å². The molecule has 2 aliphatic rings. The summed E-state index contributed by atoms with van der Waals surface area (Å²) >= 11 is 0. The number of ether oxygens (including phenoxy) is 1. The van der Waals surface area contributed by atoms with Crippen molar-refractivity contribution in [2.45, 2.75) is 33.2 Å². The summed E-state index contributed by atoms with van der Waals surface area (Å²) in [5.74, 6) is -0.484. The lowest BCUT2D eigenvalue weighted by Crippen LogP contribution is -2.56. The number of piperidine rings is 1. The summed E-state index contributed by atoms with van der Waals surface area (Å²) < 4.78 is 34.0. The van der Waals surface area contributed by atoms with Gasteiger partial charge in [-0.25, -0.2) is 4.79 Å². The van der Waals surface area contributed by atoms with Crippen molar-refractivity contribution in [1.29, 1.82) is 0 Å². The lowest BCUT2D eigenvalue weighted by Gasteiger charge is -2.38. The molecule has 3 rings (SSSR count). The summed E-state index contributed by atoms with van der Waals surface area (Å²) in [5, 5.41) is 2.94. The van der Waals surface area contributed by atoms with Gasteiger partial charge in [-0.1, -0.05) is 29.8 Å². The van der Waals surface area contributed by atoms with Crippen LogP contribution in [0.15, 0.2) is 24.3 Å². The number of piperazine rings is 1. The van der Waals surface area contributed by atoms with Crippen molar-refractivity contribution >= 4 is 22.2 Å². The zero-order valence-electron chi connectivity index (χ0n) is 18.2. The van der Waals surface area contributed by atoms with Crippen LogP contribution in [0.3, 0.4) is 0 Å². The first-order valence-electron chi connectivity index (χ1n) is 10.8. The van der Waals surface area contributed by atoms with Gasteiger partial charge in [0.1, 0.15) is 0 Å². The van der Waals surface area contributed by atoms with E-state index in [2.05, 4.69) is 5.32 Å². The van der Waals surface area contributed by atoms with Crippen LogP contribution < -0.4 is 5.32 Å². The fraction of sp³-hybridized carbons (Fsp3) is 0.619. The van der Waals surface area contributed by atoms with Crippen LogP contribution in [0.2, 0.25) is 0 Å². The van der Waals surface area contributed by atoms with E-state index in [1.807, 2.05) is 31.2 Å². The first-order chi connectivity index (χ1) is 14.8. The molecule has 0 bridgehead atoms. The summed E-state index contributed by atoms with van der Waals surface area (Å²) in [4.78, 5) is 26.0. The molecule has 2 amide bonds. The Morgan fingerprint density at radius 3 is 2.39 bits per heavy atom. The van der Waals surface area contributed by atoms with E-state index in [1.165, 1.54) is 13.5 Å². The lowest BCUT2D eigenvalue weighted by atomic mass is 9.98. The van der Waals surface area contributed by atoms with Crippen LogP contribution in [-0.2, 0) is 26.3 Å². The number of amides is 2. The molecule has 1 aromatic rings. The lowest BCUT2D eigenvalue weighted by molar-refractivity contribution is -0.126. The van der Waals surface area contributed by atoms with Crippen molar-refractivity contribution < 1.29 is 22.7 Å². The molecular formula is C21H32N4O5S. The fourth-order valence-electron chi connectivity index (χ4n) is 3.88. The van der Waals surface area contributed by atoms with E-state index >= 15 is 0 Å². The molecule has 2 aliphatic heterocycles. The second-order valence-corrected chi connectivity index (χ2v) is 9.92. The highest BCUT2D eigenvalue weighted by atomic mass is 32.2. The first-order valence-corrected chi connectivity index (χ1v) is 12.2. The highest BCUT2D eigenvalue weighted by Gasteiger charge is 2.37. The molecule has 0 spiro atoms. The Balaban J connectivity index is 1.53. The minimum atomic E-state index is -3.68. The average Bonchev–Trinajstić information content (AvgIpc) is 2.79. The third-order valence-electron chi connectivity index (χ3n) is 5.76. The number of aryl methyl sites for hydroxylation is 1. The number of carbonyl (C=O) groups is 2. The quantitative estimate of drug-likeness (QED) is 0.702. The molecule has 1 atom stereocenters. The molecule has 172 valence electrons. The van der Waals surface area contributed by atoms with E-state index < -0.39 is 16.3 Å². The van der Waals surface area contributed by atoms with Crippen LogP contribution in [0.4, 0.5) is 4.79 Å². The second kappa shape index (κ2) is 10.4. The Kier molecular flexibility index (Phi) is 7.90. The Hall–Kier alpha value is -2.17. The Bertz CT molecular complexity index is 866. The molecule has 0 aliphatic carbocycles. The molecule has 2 saturated heterocycles. The fourth-order valence-corrected chi connectivity index (χ4v) is 5.56. The Labute approximate surface area is 184 Å². The maximum atomic E-state index is 13.1. The molecule has 2 heterocycles. The number of carbonyl (C=O) groups excluding carboxylic acids is 2. The van der Waals surface area contributed by atoms with E-state index in [0.29, 0.717) is 45.6 Å². The molecule has 1 aromatic carbocycles. The van der Waals surface area contributed by atoms with E-state index in [1.54, 1.807) is 6.92 Å². The summed E-state index contributed by atoms with van der Waals surface area (Å²) in [6.45, 7) is 6.10. The summed E-state index contributed by atoms with van der Waals surface area (Å²) in [6, 6.07) is 7.95. The van der Waals surface area contributed by atoms with Gasteiger partial charge in [-0.05, 0) is 32.3 Å². The molecule has 10 heteroatoms. The standard InChI is InChI=1S/C21H32N4O5S/c1-3-30-21(27)23-11-13-24(14-12-23)31(28,29)25-10-4-5-19(16-25)20(26)22-15-18-8-6-17(2)7-9-18/h6-9,19H,3-5,10-16H2,1-2H3,(H,22,26). The van der Waals surface area contributed by atoms with Gasteiger partial charge in [-0.2, -0.15) is 17.0 Å². The summed E-state index contributed by atoms with van der Waals surface area (Å²) in [7, 11) is -3.68.